The first-order chi connectivity index (χ1) is 7.34. The second kappa shape index (κ2) is 5.42. The molecule has 0 spiro atoms. The lowest BCUT2D eigenvalue weighted by atomic mass is 10.1. The van der Waals surface area contributed by atoms with E-state index in [1.54, 1.807) is 16.8 Å². The summed E-state index contributed by atoms with van der Waals surface area (Å²) in [6.07, 6.45) is 4.10. The monoisotopic (exact) mass is 226 g/mol. The zero-order valence-corrected chi connectivity index (χ0v) is 9.96. The summed E-state index contributed by atoms with van der Waals surface area (Å²) in [7, 11) is 0. The Hall–Kier alpha value is -0.680. The Morgan fingerprint density at radius 1 is 1.47 bits per heavy atom. The van der Waals surface area contributed by atoms with Crippen molar-refractivity contribution in [1.29, 1.82) is 0 Å². The molecular formula is C10H18N4S. The lowest BCUT2D eigenvalue weighted by Crippen LogP contribution is -2.38. The minimum absolute atomic E-state index is 0.455. The van der Waals surface area contributed by atoms with Gasteiger partial charge in [-0.05, 0) is 32.9 Å². The van der Waals surface area contributed by atoms with E-state index in [0.717, 1.165) is 11.7 Å². The van der Waals surface area contributed by atoms with Crippen LogP contribution in [0.4, 0.5) is 5.13 Å². The molecule has 84 valence electrons. The molecule has 0 amide bonds. The maximum Gasteiger partial charge on any atom is 0.205 e. The largest absolute Gasteiger partial charge is 0.356 e. The van der Waals surface area contributed by atoms with E-state index in [-0.39, 0.29) is 0 Å². The fraction of sp³-hybridized carbons (Fsp3) is 0.800. The molecule has 0 aliphatic carbocycles. The summed E-state index contributed by atoms with van der Waals surface area (Å²) >= 11 is 1.56. The van der Waals surface area contributed by atoms with Crippen LogP contribution in [-0.2, 0) is 0 Å². The second-order valence-electron chi connectivity index (χ2n) is 4.15. The van der Waals surface area contributed by atoms with E-state index in [0.29, 0.717) is 6.04 Å². The topological polar surface area (TPSA) is 41.0 Å². The highest BCUT2D eigenvalue weighted by Gasteiger charge is 2.13. The molecule has 0 aromatic carbocycles. The van der Waals surface area contributed by atoms with Crippen LogP contribution in [0.3, 0.4) is 0 Å². The SMILES string of the molecule is CC(CN1CCCCC1)Nc1nncs1. The van der Waals surface area contributed by atoms with E-state index in [9.17, 15) is 0 Å². The summed E-state index contributed by atoms with van der Waals surface area (Å²) < 4.78 is 0. The first-order valence-corrected chi connectivity index (χ1v) is 6.47. The summed E-state index contributed by atoms with van der Waals surface area (Å²) in [4.78, 5) is 2.53. The van der Waals surface area contributed by atoms with E-state index in [4.69, 9.17) is 0 Å². The Bertz CT molecular complexity index is 269. The Morgan fingerprint density at radius 3 is 2.93 bits per heavy atom. The number of nitrogens with zero attached hydrogens (tertiary/aromatic N) is 3. The summed E-state index contributed by atoms with van der Waals surface area (Å²) in [5.74, 6) is 0. The predicted octanol–water partition coefficient (Wildman–Crippen LogP) is 1.82. The third-order valence-corrected chi connectivity index (χ3v) is 3.33. The first-order valence-electron chi connectivity index (χ1n) is 5.59. The Morgan fingerprint density at radius 2 is 2.27 bits per heavy atom. The highest BCUT2D eigenvalue weighted by molar-refractivity contribution is 7.13. The van der Waals surface area contributed by atoms with Gasteiger partial charge < -0.3 is 10.2 Å². The molecule has 1 aliphatic heterocycles. The third kappa shape index (κ3) is 3.43. The van der Waals surface area contributed by atoms with Crippen molar-refractivity contribution in [3.8, 4) is 0 Å². The van der Waals surface area contributed by atoms with Crippen LogP contribution in [0.5, 0.6) is 0 Å². The average molecular weight is 226 g/mol. The molecule has 2 rings (SSSR count). The molecule has 5 heteroatoms. The quantitative estimate of drug-likeness (QED) is 0.850. The predicted molar refractivity (Wildman–Crippen MR) is 63.3 cm³/mol. The zero-order chi connectivity index (χ0) is 10.5. The van der Waals surface area contributed by atoms with E-state index in [2.05, 4.69) is 27.3 Å². The molecule has 0 saturated carbocycles. The molecule has 0 radical (unpaired) electrons. The van der Waals surface area contributed by atoms with Gasteiger partial charge in [0.1, 0.15) is 5.51 Å². The molecule has 1 aliphatic rings. The van der Waals surface area contributed by atoms with Crippen molar-refractivity contribution in [1.82, 2.24) is 15.1 Å². The van der Waals surface area contributed by atoms with E-state index in [1.807, 2.05) is 0 Å². The molecular weight excluding hydrogens is 208 g/mol. The van der Waals surface area contributed by atoms with Gasteiger partial charge in [-0.25, -0.2) is 0 Å². The van der Waals surface area contributed by atoms with Crippen molar-refractivity contribution in [2.45, 2.75) is 32.2 Å². The number of aromatic nitrogens is 2. The number of hydrogen-bond donors (Lipinski definition) is 1. The summed E-state index contributed by atoms with van der Waals surface area (Å²) in [5, 5.41) is 12.1. The van der Waals surface area contributed by atoms with Crippen molar-refractivity contribution < 1.29 is 0 Å². The van der Waals surface area contributed by atoms with E-state index < -0.39 is 0 Å². The van der Waals surface area contributed by atoms with Crippen molar-refractivity contribution in [3.05, 3.63) is 5.51 Å². The maximum atomic E-state index is 3.99. The third-order valence-electron chi connectivity index (χ3n) is 2.71. The van der Waals surface area contributed by atoms with Gasteiger partial charge in [-0.2, -0.15) is 0 Å². The van der Waals surface area contributed by atoms with Gasteiger partial charge in [0.15, 0.2) is 0 Å². The molecule has 1 aromatic rings. The number of rotatable bonds is 4. The summed E-state index contributed by atoms with van der Waals surface area (Å²) in [6, 6.07) is 0.455. The summed E-state index contributed by atoms with van der Waals surface area (Å²) in [5.41, 5.74) is 1.76. The first kappa shape index (κ1) is 10.8. The second-order valence-corrected chi connectivity index (χ2v) is 4.98. The van der Waals surface area contributed by atoms with Gasteiger partial charge >= 0.3 is 0 Å². The Labute approximate surface area is 94.7 Å². The van der Waals surface area contributed by atoms with Gasteiger partial charge in [-0.1, -0.05) is 17.8 Å². The van der Waals surface area contributed by atoms with E-state index in [1.165, 1.54) is 32.4 Å². The molecule has 1 saturated heterocycles. The minimum Gasteiger partial charge on any atom is -0.356 e. The highest BCUT2D eigenvalue weighted by atomic mass is 32.1. The average Bonchev–Trinajstić information content (AvgIpc) is 2.71. The lowest BCUT2D eigenvalue weighted by Gasteiger charge is -2.29. The molecule has 4 nitrogen and oxygen atoms in total. The highest BCUT2D eigenvalue weighted by Crippen LogP contribution is 2.12. The van der Waals surface area contributed by atoms with Crippen molar-refractivity contribution >= 4 is 16.5 Å². The van der Waals surface area contributed by atoms with Crippen molar-refractivity contribution in [3.63, 3.8) is 0 Å². The minimum atomic E-state index is 0.455. The molecule has 15 heavy (non-hydrogen) atoms. The number of nitrogens with one attached hydrogen (secondary N) is 1. The number of likely N-dealkylation sites (tertiary alicyclic amines) is 1. The van der Waals surface area contributed by atoms with Crippen LogP contribution in [0, 0.1) is 0 Å². The normalized spacial score (nSPS) is 20.1. The van der Waals surface area contributed by atoms with Crippen molar-refractivity contribution in [2.75, 3.05) is 25.0 Å². The Balaban J connectivity index is 1.74. The lowest BCUT2D eigenvalue weighted by molar-refractivity contribution is 0.223. The number of anilines is 1. The Kier molecular flexibility index (Phi) is 3.91. The van der Waals surface area contributed by atoms with Gasteiger partial charge in [0.05, 0.1) is 0 Å². The van der Waals surface area contributed by atoms with Gasteiger partial charge in [0, 0.05) is 12.6 Å². The number of piperidine rings is 1. The van der Waals surface area contributed by atoms with Crippen LogP contribution in [0.25, 0.3) is 0 Å². The molecule has 1 atom stereocenters. The molecule has 1 aromatic heterocycles. The van der Waals surface area contributed by atoms with Crippen LogP contribution in [-0.4, -0.2) is 40.8 Å². The van der Waals surface area contributed by atoms with Crippen molar-refractivity contribution in [2.24, 2.45) is 0 Å². The van der Waals surface area contributed by atoms with Crippen LogP contribution in [0.1, 0.15) is 26.2 Å². The summed E-state index contributed by atoms with van der Waals surface area (Å²) in [6.45, 7) is 5.82. The molecule has 1 unspecified atom stereocenters. The smallest absolute Gasteiger partial charge is 0.205 e. The van der Waals surface area contributed by atoms with E-state index >= 15 is 0 Å². The van der Waals surface area contributed by atoms with Crippen LogP contribution in [0.15, 0.2) is 5.51 Å². The zero-order valence-electron chi connectivity index (χ0n) is 9.15. The number of hydrogen-bond acceptors (Lipinski definition) is 5. The van der Waals surface area contributed by atoms with Gasteiger partial charge in [-0.15, -0.1) is 10.2 Å². The van der Waals surface area contributed by atoms with Crippen LogP contribution < -0.4 is 5.32 Å². The standard InChI is InChI=1S/C10H18N4S/c1-9(12-10-13-11-8-15-10)7-14-5-3-2-4-6-14/h8-9H,2-7H2,1H3,(H,12,13). The molecule has 1 N–H and O–H groups in total. The van der Waals surface area contributed by atoms with Crippen LogP contribution >= 0.6 is 11.3 Å². The van der Waals surface area contributed by atoms with Crippen LogP contribution in [0.2, 0.25) is 0 Å². The molecule has 1 fully saturated rings. The maximum absolute atomic E-state index is 3.99. The molecule has 0 bridgehead atoms. The van der Waals surface area contributed by atoms with Gasteiger partial charge in [0.25, 0.3) is 0 Å². The molecule has 2 heterocycles. The fourth-order valence-electron chi connectivity index (χ4n) is 2.02. The fourth-order valence-corrected chi connectivity index (χ4v) is 2.58. The van der Waals surface area contributed by atoms with Gasteiger partial charge in [-0.3, -0.25) is 0 Å². The van der Waals surface area contributed by atoms with Gasteiger partial charge in [0.2, 0.25) is 5.13 Å².